The van der Waals surface area contributed by atoms with Crippen molar-refractivity contribution in [2.75, 3.05) is 6.54 Å². The third-order valence-electron chi connectivity index (χ3n) is 3.06. The topological polar surface area (TPSA) is 68.0 Å². The summed E-state index contributed by atoms with van der Waals surface area (Å²) in [5.74, 6) is -0.0750. The van der Waals surface area contributed by atoms with Gasteiger partial charge < -0.3 is 11.1 Å². The molecule has 0 saturated carbocycles. The number of nitrogens with two attached hydrogens (primary N) is 1. The van der Waals surface area contributed by atoms with Gasteiger partial charge in [0, 0.05) is 17.9 Å². The smallest absolute Gasteiger partial charge is 0.253 e. The van der Waals surface area contributed by atoms with Gasteiger partial charge in [0.05, 0.1) is 5.56 Å². The molecule has 1 aromatic heterocycles. The van der Waals surface area contributed by atoms with Crippen LogP contribution in [0.2, 0.25) is 0 Å². The Kier molecular flexibility index (Phi) is 4.84. The molecule has 3 N–H and O–H groups in total. The number of carbonyl (C=O) groups is 1. The molecule has 4 heteroatoms. The molecular formula is C14H23N3O. The van der Waals surface area contributed by atoms with E-state index in [4.69, 9.17) is 5.73 Å². The van der Waals surface area contributed by atoms with Gasteiger partial charge in [0.1, 0.15) is 0 Å². The van der Waals surface area contributed by atoms with E-state index < -0.39 is 0 Å². The molecule has 1 aromatic rings. The van der Waals surface area contributed by atoms with Crippen LogP contribution in [-0.4, -0.2) is 23.5 Å². The second-order valence-corrected chi connectivity index (χ2v) is 5.61. The summed E-state index contributed by atoms with van der Waals surface area (Å²) in [6.45, 7) is 8.70. The normalized spacial score (nSPS) is 13.2. The van der Waals surface area contributed by atoms with Crippen molar-refractivity contribution in [2.45, 2.75) is 40.2 Å². The van der Waals surface area contributed by atoms with Crippen molar-refractivity contribution in [3.05, 3.63) is 29.6 Å². The Labute approximate surface area is 109 Å². The standard InChI is InChI=1S/C14H23N3O/c1-10-11(6-5-9-16-10)13(18)17-12(7-8-15)14(2,3)4/h5-6,9,12H,7-8,15H2,1-4H3,(H,17,18). The number of aryl methyl sites for hydroxylation is 1. The highest BCUT2D eigenvalue weighted by atomic mass is 16.1. The molecule has 0 saturated heterocycles. The molecule has 0 radical (unpaired) electrons. The van der Waals surface area contributed by atoms with Gasteiger partial charge >= 0.3 is 0 Å². The van der Waals surface area contributed by atoms with Crippen LogP contribution in [0.15, 0.2) is 18.3 Å². The van der Waals surface area contributed by atoms with Crippen LogP contribution in [0.1, 0.15) is 43.2 Å². The number of amides is 1. The van der Waals surface area contributed by atoms with Crippen molar-refractivity contribution >= 4 is 5.91 Å². The second kappa shape index (κ2) is 5.96. The molecule has 0 aliphatic heterocycles. The van der Waals surface area contributed by atoms with Crippen LogP contribution >= 0.6 is 0 Å². The highest BCUT2D eigenvalue weighted by Gasteiger charge is 2.26. The van der Waals surface area contributed by atoms with Crippen molar-refractivity contribution in [1.82, 2.24) is 10.3 Å². The summed E-state index contributed by atoms with van der Waals surface area (Å²) in [6.07, 6.45) is 2.46. The van der Waals surface area contributed by atoms with E-state index >= 15 is 0 Å². The number of pyridine rings is 1. The average Bonchev–Trinajstić information content (AvgIpc) is 2.27. The van der Waals surface area contributed by atoms with Gasteiger partial charge in [-0.25, -0.2) is 0 Å². The SMILES string of the molecule is Cc1ncccc1C(=O)NC(CCN)C(C)(C)C. The Morgan fingerprint density at radius 1 is 1.50 bits per heavy atom. The van der Waals surface area contributed by atoms with Crippen LogP contribution < -0.4 is 11.1 Å². The summed E-state index contributed by atoms with van der Waals surface area (Å²) in [5.41, 5.74) is 6.97. The Hall–Kier alpha value is -1.42. The summed E-state index contributed by atoms with van der Waals surface area (Å²) in [5, 5.41) is 3.06. The molecule has 1 rings (SSSR count). The van der Waals surface area contributed by atoms with Crippen molar-refractivity contribution < 1.29 is 4.79 Å². The summed E-state index contributed by atoms with van der Waals surface area (Å²) in [7, 11) is 0. The quantitative estimate of drug-likeness (QED) is 0.856. The molecule has 1 amide bonds. The van der Waals surface area contributed by atoms with E-state index in [9.17, 15) is 4.79 Å². The number of rotatable bonds is 4. The fraction of sp³-hybridized carbons (Fsp3) is 0.571. The van der Waals surface area contributed by atoms with Crippen molar-refractivity contribution in [3.8, 4) is 0 Å². The molecule has 0 bridgehead atoms. The summed E-state index contributed by atoms with van der Waals surface area (Å²) in [4.78, 5) is 16.3. The minimum atomic E-state index is -0.0750. The number of nitrogens with zero attached hydrogens (tertiary/aromatic N) is 1. The predicted molar refractivity (Wildman–Crippen MR) is 73.4 cm³/mol. The van der Waals surface area contributed by atoms with Crippen molar-refractivity contribution in [1.29, 1.82) is 0 Å². The molecular weight excluding hydrogens is 226 g/mol. The first-order valence-corrected chi connectivity index (χ1v) is 6.29. The summed E-state index contributed by atoms with van der Waals surface area (Å²) in [6, 6.07) is 3.63. The molecule has 1 unspecified atom stereocenters. The van der Waals surface area contributed by atoms with E-state index in [2.05, 4.69) is 31.1 Å². The maximum Gasteiger partial charge on any atom is 0.253 e. The molecule has 0 aliphatic carbocycles. The third kappa shape index (κ3) is 3.81. The lowest BCUT2D eigenvalue weighted by Gasteiger charge is -2.31. The number of carbonyl (C=O) groups excluding carboxylic acids is 1. The van der Waals surface area contributed by atoms with Crippen LogP contribution in [0.25, 0.3) is 0 Å². The fourth-order valence-corrected chi connectivity index (χ4v) is 1.85. The number of aromatic nitrogens is 1. The monoisotopic (exact) mass is 249 g/mol. The van der Waals surface area contributed by atoms with E-state index in [-0.39, 0.29) is 17.4 Å². The van der Waals surface area contributed by atoms with Gasteiger partial charge in [-0.05, 0) is 37.4 Å². The molecule has 1 atom stereocenters. The zero-order chi connectivity index (χ0) is 13.8. The van der Waals surface area contributed by atoms with Crippen molar-refractivity contribution in [2.24, 2.45) is 11.1 Å². The van der Waals surface area contributed by atoms with Crippen LogP contribution in [0.4, 0.5) is 0 Å². The van der Waals surface area contributed by atoms with E-state index in [1.54, 1.807) is 18.3 Å². The third-order valence-corrected chi connectivity index (χ3v) is 3.06. The highest BCUT2D eigenvalue weighted by Crippen LogP contribution is 2.22. The molecule has 0 fully saturated rings. The number of nitrogens with one attached hydrogen (secondary N) is 1. The molecule has 18 heavy (non-hydrogen) atoms. The van der Waals surface area contributed by atoms with Gasteiger partial charge in [-0.3, -0.25) is 9.78 Å². The molecule has 0 aliphatic rings. The predicted octanol–water partition coefficient (Wildman–Crippen LogP) is 1.88. The first kappa shape index (κ1) is 14.6. The van der Waals surface area contributed by atoms with Crippen LogP contribution in [0.5, 0.6) is 0 Å². The first-order chi connectivity index (χ1) is 8.36. The lowest BCUT2D eigenvalue weighted by molar-refractivity contribution is 0.0898. The molecule has 1 heterocycles. The Bertz CT molecular complexity index is 410. The Morgan fingerprint density at radius 2 is 2.17 bits per heavy atom. The van der Waals surface area contributed by atoms with Gasteiger partial charge in [0.2, 0.25) is 0 Å². The van der Waals surface area contributed by atoms with Gasteiger partial charge in [0.25, 0.3) is 5.91 Å². The zero-order valence-corrected chi connectivity index (χ0v) is 11.7. The lowest BCUT2D eigenvalue weighted by Crippen LogP contribution is -2.45. The molecule has 4 nitrogen and oxygen atoms in total. The second-order valence-electron chi connectivity index (χ2n) is 5.61. The summed E-state index contributed by atoms with van der Waals surface area (Å²) < 4.78 is 0. The lowest BCUT2D eigenvalue weighted by atomic mass is 9.84. The van der Waals surface area contributed by atoms with Crippen LogP contribution in [0, 0.1) is 12.3 Å². The van der Waals surface area contributed by atoms with Gasteiger partial charge in [0.15, 0.2) is 0 Å². The average molecular weight is 249 g/mol. The van der Waals surface area contributed by atoms with Crippen LogP contribution in [-0.2, 0) is 0 Å². The first-order valence-electron chi connectivity index (χ1n) is 6.29. The van der Waals surface area contributed by atoms with E-state index in [1.807, 2.05) is 6.92 Å². The molecule has 100 valence electrons. The van der Waals surface area contributed by atoms with Gasteiger partial charge in [-0.15, -0.1) is 0 Å². The number of hydrogen-bond acceptors (Lipinski definition) is 3. The minimum Gasteiger partial charge on any atom is -0.349 e. The van der Waals surface area contributed by atoms with E-state index in [1.165, 1.54) is 0 Å². The fourth-order valence-electron chi connectivity index (χ4n) is 1.85. The largest absolute Gasteiger partial charge is 0.349 e. The summed E-state index contributed by atoms with van der Waals surface area (Å²) >= 11 is 0. The van der Waals surface area contributed by atoms with Crippen molar-refractivity contribution in [3.63, 3.8) is 0 Å². The Balaban J connectivity index is 2.82. The van der Waals surface area contributed by atoms with Gasteiger partial charge in [-0.2, -0.15) is 0 Å². The zero-order valence-electron chi connectivity index (χ0n) is 11.7. The molecule has 0 aromatic carbocycles. The maximum atomic E-state index is 12.2. The Morgan fingerprint density at radius 3 is 2.67 bits per heavy atom. The van der Waals surface area contributed by atoms with E-state index in [0.29, 0.717) is 12.1 Å². The van der Waals surface area contributed by atoms with E-state index in [0.717, 1.165) is 12.1 Å². The van der Waals surface area contributed by atoms with Crippen LogP contribution in [0.3, 0.4) is 0 Å². The molecule has 0 spiro atoms. The highest BCUT2D eigenvalue weighted by molar-refractivity contribution is 5.95. The van der Waals surface area contributed by atoms with Gasteiger partial charge in [-0.1, -0.05) is 20.8 Å². The number of hydrogen-bond donors (Lipinski definition) is 2. The minimum absolute atomic E-state index is 0.00879. The maximum absolute atomic E-state index is 12.2.